The van der Waals surface area contributed by atoms with Gasteiger partial charge in [0.25, 0.3) is 0 Å². The molecule has 0 amide bonds. The first kappa shape index (κ1) is 24.2. The van der Waals surface area contributed by atoms with Crippen molar-refractivity contribution in [2.75, 3.05) is 7.11 Å². The molecule has 0 aliphatic heterocycles. The Labute approximate surface area is 201 Å². The molecule has 182 valence electrons. The first-order chi connectivity index (χ1) is 16.7. The van der Waals surface area contributed by atoms with Gasteiger partial charge in [-0.2, -0.15) is 13.2 Å². The second kappa shape index (κ2) is 9.74. The molecule has 0 aliphatic rings. The Morgan fingerprint density at radius 3 is 2.37 bits per heavy atom. The third-order valence-corrected chi connectivity index (χ3v) is 5.21. The maximum Gasteiger partial charge on any atom is 0.390 e. The fraction of sp³-hybridized carbons (Fsp3) is 0.227. The number of para-hydroxylation sites is 1. The van der Waals surface area contributed by atoms with Gasteiger partial charge in [0.1, 0.15) is 6.54 Å². The van der Waals surface area contributed by atoms with E-state index < -0.39 is 30.8 Å². The minimum atomic E-state index is -4.47. The molecule has 0 N–H and O–H groups in total. The molecular weight excluding hydrogens is 489 g/mol. The van der Waals surface area contributed by atoms with Gasteiger partial charge in [-0.25, -0.2) is 23.9 Å². The van der Waals surface area contributed by atoms with E-state index in [4.69, 9.17) is 16.3 Å². The molecule has 0 atom stereocenters. The Balaban J connectivity index is 1.75. The van der Waals surface area contributed by atoms with Crippen molar-refractivity contribution >= 4 is 17.6 Å². The fourth-order valence-electron chi connectivity index (χ4n) is 3.32. The van der Waals surface area contributed by atoms with E-state index in [1.54, 1.807) is 54.6 Å². The topological polar surface area (TPSA) is 96.8 Å². The molecule has 2 aromatic carbocycles. The molecule has 0 fully saturated rings. The van der Waals surface area contributed by atoms with Crippen LogP contribution in [-0.2, 0) is 17.8 Å². The van der Waals surface area contributed by atoms with E-state index in [1.807, 2.05) is 0 Å². The SMILES string of the molecule is COC(=O)c1nc(Cn2nc(-c3ccc(Cl)cc3)n(CCC(F)(F)F)c2=O)nn1-c1ccccc1. The van der Waals surface area contributed by atoms with Crippen LogP contribution in [-0.4, -0.2) is 48.4 Å². The summed E-state index contributed by atoms with van der Waals surface area (Å²) in [6, 6.07) is 14.8. The number of ether oxygens (including phenoxy) is 1. The summed E-state index contributed by atoms with van der Waals surface area (Å²) in [5.41, 5.74) is 0.150. The van der Waals surface area contributed by atoms with E-state index in [9.17, 15) is 22.8 Å². The summed E-state index contributed by atoms with van der Waals surface area (Å²) in [4.78, 5) is 29.4. The minimum absolute atomic E-state index is 0.0339. The lowest BCUT2D eigenvalue weighted by molar-refractivity contribution is -0.136. The van der Waals surface area contributed by atoms with Crippen LogP contribution in [0.5, 0.6) is 0 Å². The molecule has 2 heterocycles. The molecule has 0 aliphatic carbocycles. The van der Waals surface area contributed by atoms with Crippen molar-refractivity contribution in [1.82, 2.24) is 29.1 Å². The van der Waals surface area contributed by atoms with E-state index in [0.717, 1.165) is 9.25 Å². The van der Waals surface area contributed by atoms with Gasteiger partial charge in [0.15, 0.2) is 11.6 Å². The third kappa shape index (κ3) is 5.43. The molecule has 0 unspecified atom stereocenters. The van der Waals surface area contributed by atoms with Gasteiger partial charge in [-0.3, -0.25) is 4.57 Å². The van der Waals surface area contributed by atoms with Gasteiger partial charge in [0.05, 0.1) is 19.2 Å². The number of hydrogen-bond acceptors (Lipinski definition) is 6. The zero-order chi connectivity index (χ0) is 25.2. The van der Waals surface area contributed by atoms with Crippen LogP contribution in [0.4, 0.5) is 13.2 Å². The lowest BCUT2D eigenvalue weighted by Crippen LogP contribution is -2.27. The smallest absolute Gasteiger partial charge is 0.390 e. The fourth-order valence-corrected chi connectivity index (χ4v) is 3.45. The van der Waals surface area contributed by atoms with E-state index in [-0.39, 0.29) is 24.0 Å². The van der Waals surface area contributed by atoms with Crippen molar-refractivity contribution in [1.29, 1.82) is 0 Å². The molecule has 13 heteroatoms. The second-order valence-electron chi connectivity index (χ2n) is 7.38. The normalized spacial score (nSPS) is 11.6. The molecule has 0 spiro atoms. The predicted octanol–water partition coefficient (Wildman–Crippen LogP) is 3.73. The number of aromatic nitrogens is 6. The number of hydrogen-bond donors (Lipinski definition) is 0. The first-order valence-electron chi connectivity index (χ1n) is 10.3. The lowest BCUT2D eigenvalue weighted by atomic mass is 10.2. The average Bonchev–Trinajstić information content (AvgIpc) is 3.39. The highest BCUT2D eigenvalue weighted by Crippen LogP contribution is 2.23. The van der Waals surface area contributed by atoms with Gasteiger partial charge in [-0.1, -0.05) is 29.8 Å². The van der Waals surface area contributed by atoms with Crippen LogP contribution in [0.3, 0.4) is 0 Å². The molecule has 4 aromatic rings. The minimum Gasteiger partial charge on any atom is -0.463 e. The first-order valence-corrected chi connectivity index (χ1v) is 10.6. The zero-order valence-electron chi connectivity index (χ0n) is 18.2. The Morgan fingerprint density at radius 2 is 1.74 bits per heavy atom. The molecule has 0 saturated heterocycles. The molecular formula is C22H18ClF3N6O3. The average molecular weight is 507 g/mol. The molecule has 4 rings (SSSR count). The van der Waals surface area contributed by atoms with Gasteiger partial charge >= 0.3 is 17.8 Å². The molecule has 0 saturated carbocycles. The molecule has 0 bridgehead atoms. The van der Waals surface area contributed by atoms with E-state index in [0.29, 0.717) is 16.3 Å². The molecule has 35 heavy (non-hydrogen) atoms. The monoisotopic (exact) mass is 506 g/mol. The van der Waals surface area contributed by atoms with Crippen LogP contribution >= 0.6 is 11.6 Å². The Morgan fingerprint density at radius 1 is 1.06 bits per heavy atom. The summed E-state index contributed by atoms with van der Waals surface area (Å²) < 4.78 is 46.6. The number of carbonyl (C=O) groups excluding carboxylic acids is 1. The summed E-state index contributed by atoms with van der Waals surface area (Å²) in [7, 11) is 1.19. The van der Waals surface area contributed by atoms with Crippen LogP contribution in [0.25, 0.3) is 17.1 Å². The van der Waals surface area contributed by atoms with Crippen LogP contribution < -0.4 is 5.69 Å². The third-order valence-electron chi connectivity index (χ3n) is 4.96. The van der Waals surface area contributed by atoms with Crippen molar-refractivity contribution < 1.29 is 22.7 Å². The van der Waals surface area contributed by atoms with E-state index >= 15 is 0 Å². The lowest BCUT2D eigenvalue weighted by Gasteiger charge is -2.08. The van der Waals surface area contributed by atoms with Crippen molar-refractivity contribution in [3.63, 3.8) is 0 Å². The summed E-state index contributed by atoms with van der Waals surface area (Å²) in [6.07, 6.45) is -5.68. The van der Waals surface area contributed by atoms with Gasteiger partial charge in [-0.15, -0.1) is 10.2 Å². The number of benzene rings is 2. The van der Waals surface area contributed by atoms with Crippen molar-refractivity contribution in [3.05, 3.63) is 81.8 Å². The van der Waals surface area contributed by atoms with Crippen molar-refractivity contribution in [2.45, 2.75) is 25.7 Å². The van der Waals surface area contributed by atoms with Crippen LogP contribution in [0.15, 0.2) is 59.4 Å². The molecule has 2 aromatic heterocycles. The number of esters is 1. The second-order valence-corrected chi connectivity index (χ2v) is 7.81. The Kier molecular flexibility index (Phi) is 6.74. The number of alkyl halides is 3. The molecule has 0 radical (unpaired) electrons. The number of halogens is 4. The summed E-state index contributed by atoms with van der Waals surface area (Å²) in [5, 5.41) is 8.95. The van der Waals surface area contributed by atoms with Crippen molar-refractivity contribution in [2.24, 2.45) is 0 Å². The number of carbonyl (C=O) groups is 1. The Bertz CT molecular complexity index is 1390. The maximum absolute atomic E-state index is 13.0. The summed E-state index contributed by atoms with van der Waals surface area (Å²) in [6.45, 7) is -0.915. The number of nitrogens with zero attached hydrogens (tertiary/aromatic N) is 6. The Hall–Kier alpha value is -3.93. The maximum atomic E-state index is 13.0. The van der Waals surface area contributed by atoms with E-state index in [2.05, 4.69) is 15.2 Å². The highest BCUT2D eigenvalue weighted by molar-refractivity contribution is 6.30. The van der Waals surface area contributed by atoms with Crippen molar-refractivity contribution in [3.8, 4) is 17.1 Å². The van der Waals surface area contributed by atoms with Crippen LogP contribution in [0.1, 0.15) is 22.9 Å². The largest absolute Gasteiger partial charge is 0.463 e. The summed E-state index contributed by atoms with van der Waals surface area (Å²) in [5.74, 6) is -0.806. The van der Waals surface area contributed by atoms with Gasteiger partial charge in [0.2, 0.25) is 5.82 Å². The van der Waals surface area contributed by atoms with Crippen LogP contribution in [0, 0.1) is 0 Å². The predicted molar refractivity (Wildman–Crippen MR) is 119 cm³/mol. The molecule has 9 nitrogen and oxygen atoms in total. The number of methoxy groups -OCH3 is 1. The quantitative estimate of drug-likeness (QED) is 0.354. The zero-order valence-corrected chi connectivity index (χ0v) is 19.0. The van der Waals surface area contributed by atoms with E-state index in [1.165, 1.54) is 11.8 Å². The van der Waals surface area contributed by atoms with Gasteiger partial charge < -0.3 is 4.74 Å². The highest BCUT2D eigenvalue weighted by atomic mass is 35.5. The number of rotatable bonds is 7. The summed E-state index contributed by atoms with van der Waals surface area (Å²) >= 11 is 5.91. The van der Waals surface area contributed by atoms with Crippen LogP contribution in [0.2, 0.25) is 5.02 Å². The van der Waals surface area contributed by atoms with Gasteiger partial charge in [-0.05, 0) is 36.4 Å². The standard InChI is InChI=1S/C22H18ClF3N6O3/c1-35-20(33)19-27-17(28-32(19)16-5-3-2-4-6-16)13-31-21(34)30(12-11-22(24,25)26)18(29-31)14-7-9-15(23)10-8-14/h2-10H,11-13H2,1H3. The van der Waals surface area contributed by atoms with Gasteiger partial charge in [0, 0.05) is 17.1 Å². The highest BCUT2D eigenvalue weighted by Gasteiger charge is 2.29.